The highest BCUT2D eigenvalue weighted by molar-refractivity contribution is 7.87. The molecule has 1 atom stereocenters. The first-order valence-corrected chi connectivity index (χ1v) is 8.55. The van der Waals surface area contributed by atoms with Gasteiger partial charge in [0.2, 0.25) is 5.91 Å². The summed E-state index contributed by atoms with van der Waals surface area (Å²) >= 11 is 0. The monoisotopic (exact) mass is 348 g/mol. The summed E-state index contributed by atoms with van der Waals surface area (Å²) in [5.41, 5.74) is 1.74. The molecule has 1 unspecified atom stereocenters. The number of halogens is 1. The minimum atomic E-state index is -4.84. The van der Waals surface area contributed by atoms with Crippen LogP contribution < -0.4 is 4.90 Å². The number of rotatable bonds is 3. The summed E-state index contributed by atoms with van der Waals surface area (Å²) in [6, 6.07) is 9.13. The van der Waals surface area contributed by atoms with Crippen LogP contribution in [0.15, 0.2) is 30.5 Å². The third-order valence-electron chi connectivity index (χ3n) is 3.89. The Labute approximate surface area is 138 Å². The van der Waals surface area contributed by atoms with Crippen molar-refractivity contribution in [3.8, 4) is 11.8 Å². The molecule has 24 heavy (non-hydrogen) atoms. The van der Waals surface area contributed by atoms with Crippen molar-refractivity contribution < 1.29 is 17.1 Å². The van der Waals surface area contributed by atoms with Gasteiger partial charge in [-0.05, 0) is 19.1 Å². The summed E-state index contributed by atoms with van der Waals surface area (Å²) in [6.45, 7) is 1.57. The molecular formula is C15H13FN4O3S. The number of anilines is 1. The molecule has 3 rings (SSSR count). The number of nitrogens with zero attached hydrogens (tertiary/aromatic N) is 4. The first-order chi connectivity index (χ1) is 11.3. The third-order valence-corrected chi connectivity index (χ3v) is 5.00. The summed E-state index contributed by atoms with van der Waals surface area (Å²) in [7, 11) is -4.84. The van der Waals surface area contributed by atoms with Crippen molar-refractivity contribution in [2.45, 2.75) is 18.6 Å². The van der Waals surface area contributed by atoms with Gasteiger partial charge in [-0.2, -0.15) is 18.8 Å². The lowest BCUT2D eigenvalue weighted by molar-refractivity contribution is -0.117. The van der Waals surface area contributed by atoms with Crippen molar-refractivity contribution >= 4 is 21.9 Å². The van der Waals surface area contributed by atoms with Crippen molar-refractivity contribution in [3.05, 3.63) is 41.6 Å². The van der Waals surface area contributed by atoms with E-state index in [1.165, 1.54) is 10.9 Å². The molecule has 0 bridgehead atoms. The van der Waals surface area contributed by atoms with Crippen LogP contribution in [0, 0.1) is 18.3 Å². The molecule has 1 amide bonds. The summed E-state index contributed by atoms with van der Waals surface area (Å²) < 4.78 is 36.8. The average molecular weight is 348 g/mol. The van der Waals surface area contributed by atoms with Gasteiger partial charge in [0.25, 0.3) is 0 Å². The van der Waals surface area contributed by atoms with E-state index in [4.69, 9.17) is 0 Å². The molecule has 0 radical (unpaired) electrons. The SMILES string of the molecule is Cc1ccc(-n2ncc(C#N)c2N2CC(S(=O)(=O)F)CC2=O)cc1. The van der Waals surface area contributed by atoms with Crippen molar-refractivity contribution in [2.75, 3.05) is 11.4 Å². The van der Waals surface area contributed by atoms with Crippen LogP contribution in [0.3, 0.4) is 0 Å². The maximum absolute atomic E-state index is 13.2. The molecule has 1 aromatic carbocycles. The number of aryl methyl sites for hydroxylation is 1. The van der Waals surface area contributed by atoms with Crippen molar-refractivity contribution in [2.24, 2.45) is 0 Å². The summed E-state index contributed by atoms with van der Waals surface area (Å²) in [5, 5.41) is 11.9. The first kappa shape index (κ1) is 16.1. The van der Waals surface area contributed by atoms with Crippen molar-refractivity contribution in [3.63, 3.8) is 0 Å². The van der Waals surface area contributed by atoms with E-state index in [2.05, 4.69) is 5.10 Å². The molecule has 0 spiro atoms. The smallest absolute Gasteiger partial charge is 0.294 e. The van der Waals surface area contributed by atoms with Crippen molar-refractivity contribution in [1.82, 2.24) is 9.78 Å². The molecule has 0 saturated carbocycles. The average Bonchev–Trinajstić information content (AvgIpc) is 3.10. The van der Waals surface area contributed by atoms with Crippen LogP contribution in [0.25, 0.3) is 5.69 Å². The van der Waals surface area contributed by atoms with Gasteiger partial charge in [-0.3, -0.25) is 9.69 Å². The highest BCUT2D eigenvalue weighted by Crippen LogP contribution is 2.30. The Kier molecular flexibility index (Phi) is 3.85. The molecule has 1 fully saturated rings. The molecule has 1 aromatic heterocycles. The molecule has 2 aromatic rings. The molecule has 124 valence electrons. The highest BCUT2D eigenvalue weighted by atomic mass is 32.3. The Balaban J connectivity index is 2.08. The van der Waals surface area contributed by atoms with Gasteiger partial charge in [0, 0.05) is 13.0 Å². The molecule has 0 N–H and O–H groups in total. The first-order valence-electron chi connectivity index (χ1n) is 7.10. The predicted molar refractivity (Wildman–Crippen MR) is 83.8 cm³/mol. The second kappa shape index (κ2) is 5.72. The van der Waals surface area contributed by atoms with Crippen LogP contribution in [0.5, 0.6) is 0 Å². The fourth-order valence-electron chi connectivity index (χ4n) is 2.62. The van der Waals surface area contributed by atoms with E-state index in [1.54, 1.807) is 12.1 Å². The number of benzene rings is 1. The van der Waals surface area contributed by atoms with Gasteiger partial charge < -0.3 is 0 Å². The Morgan fingerprint density at radius 1 is 1.33 bits per heavy atom. The number of hydrogen-bond acceptors (Lipinski definition) is 5. The maximum atomic E-state index is 13.2. The number of carbonyl (C=O) groups is 1. The van der Waals surface area contributed by atoms with Crippen LogP contribution in [0.2, 0.25) is 0 Å². The van der Waals surface area contributed by atoms with Crippen LogP contribution >= 0.6 is 0 Å². The number of aromatic nitrogens is 2. The molecule has 1 aliphatic rings. The van der Waals surface area contributed by atoms with E-state index in [0.29, 0.717) is 5.69 Å². The van der Waals surface area contributed by atoms with Crippen LogP contribution in [0.4, 0.5) is 9.70 Å². The predicted octanol–water partition coefficient (Wildman–Crippen LogP) is 1.46. The Morgan fingerprint density at radius 2 is 2.00 bits per heavy atom. The van der Waals surface area contributed by atoms with Gasteiger partial charge in [0.05, 0.1) is 11.9 Å². The Hall–Kier alpha value is -2.73. The van der Waals surface area contributed by atoms with Gasteiger partial charge in [-0.25, -0.2) is 4.68 Å². The lowest BCUT2D eigenvalue weighted by Crippen LogP contribution is -2.29. The fourth-order valence-corrected chi connectivity index (χ4v) is 3.29. The fraction of sp³-hybridized carbons (Fsp3) is 0.267. The topological polar surface area (TPSA) is 96.1 Å². The number of hydrogen-bond donors (Lipinski definition) is 0. The second-order valence-corrected chi connectivity index (χ2v) is 7.16. The number of nitriles is 1. The quantitative estimate of drug-likeness (QED) is 0.783. The Bertz CT molecular complexity index is 944. The molecule has 1 saturated heterocycles. The Morgan fingerprint density at radius 3 is 2.54 bits per heavy atom. The molecule has 9 heteroatoms. The summed E-state index contributed by atoms with van der Waals surface area (Å²) in [5.74, 6) is -0.413. The summed E-state index contributed by atoms with van der Waals surface area (Å²) in [4.78, 5) is 13.3. The minimum Gasteiger partial charge on any atom is -0.294 e. The molecule has 1 aliphatic heterocycles. The van der Waals surface area contributed by atoms with E-state index >= 15 is 0 Å². The van der Waals surface area contributed by atoms with Crippen LogP contribution in [-0.2, 0) is 15.0 Å². The lowest BCUT2D eigenvalue weighted by atomic mass is 10.2. The van der Waals surface area contributed by atoms with E-state index < -0.39 is 27.8 Å². The van der Waals surface area contributed by atoms with Crippen molar-refractivity contribution in [1.29, 1.82) is 5.26 Å². The normalized spacial score (nSPS) is 18.0. The minimum absolute atomic E-state index is 0.112. The zero-order chi connectivity index (χ0) is 17.5. The zero-order valence-corrected chi connectivity index (χ0v) is 13.5. The van der Waals surface area contributed by atoms with E-state index in [1.807, 2.05) is 25.1 Å². The van der Waals surface area contributed by atoms with Gasteiger partial charge in [-0.15, -0.1) is 3.89 Å². The van der Waals surface area contributed by atoms with Crippen LogP contribution in [-0.4, -0.2) is 35.9 Å². The zero-order valence-electron chi connectivity index (χ0n) is 12.7. The molecule has 0 aliphatic carbocycles. The standard InChI is InChI=1S/C15H13FN4O3S/c1-10-2-4-12(5-3-10)20-15(11(7-17)8-18-20)19-9-13(6-14(19)21)24(16,22)23/h2-5,8,13H,6,9H2,1H3. The second-order valence-electron chi connectivity index (χ2n) is 5.55. The lowest BCUT2D eigenvalue weighted by Gasteiger charge is -2.18. The van der Waals surface area contributed by atoms with Gasteiger partial charge in [-0.1, -0.05) is 17.7 Å². The third kappa shape index (κ3) is 2.76. The van der Waals surface area contributed by atoms with E-state index in [-0.39, 0.29) is 17.9 Å². The molecule has 2 heterocycles. The van der Waals surface area contributed by atoms with Gasteiger partial charge in [0.15, 0.2) is 5.82 Å². The van der Waals surface area contributed by atoms with E-state index in [0.717, 1.165) is 10.5 Å². The number of amides is 1. The van der Waals surface area contributed by atoms with Gasteiger partial charge in [0.1, 0.15) is 16.9 Å². The maximum Gasteiger partial charge on any atom is 0.307 e. The number of carbonyl (C=O) groups excluding carboxylic acids is 1. The highest BCUT2D eigenvalue weighted by Gasteiger charge is 2.41. The molecule has 7 nitrogen and oxygen atoms in total. The van der Waals surface area contributed by atoms with Crippen LogP contribution in [0.1, 0.15) is 17.5 Å². The molecular weight excluding hydrogens is 335 g/mol. The summed E-state index contributed by atoms with van der Waals surface area (Å²) in [6.07, 6.45) is 0.836. The van der Waals surface area contributed by atoms with Gasteiger partial charge >= 0.3 is 10.2 Å². The largest absolute Gasteiger partial charge is 0.307 e. The van der Waals surface area contributed by atoms with E-state index in [9.17, 15) is 22.4 Å².